The largest absolute Gasteiger partial charge is 0.452 e. The minimum atomic E-state index is -3.77. The Morgan fingerprint density at radius 1 is 1.03 bits per heavy atom. The molecule has 0 radical (unpaired) electrons. The molecule has 0 aliphatic carbocycles. The molecule has 0 saturated heterocycles. The molecule has 33 heavy (non-hydrogen) atoms. The van der Waals surface area contributed by atoms with Crippen molar-refractivity contribution in [1.29, 1.82) is 0 Å². The van der Waals surface area contributed by atoms with Crippen LogP contribution in [0.1, 0.15) is 15.9 Å². The van der Waals surface area contributed by atoms with Crippen LogP contribution in [-0.4, -0.2) is 33.9 Å². The Morgan fingerprint density at radius 2 is 1.67 bits per heavy atom. The minimum absolute atomic E-state index is 0.00924. The number of benzene rings is 3. The second kappa shape index (κ2) is 10.0. The van der Waals surface area contributed by atoms with E-state index in [9.17, 15) is 22.4 Å². The zero-order chi connectivity index (χ0) is 24.2. The molecule has 172 valence electrons. The van der Waals surface area contributed by atoms with Crippen LogP contribution in [0, 0.1) is 12.7 Å². The summed E-state index contributed by atoms with van der Waals surface area (Å²) in [6, 6.07) is 15.6. The highest BCUT2D eigenvalue weighted by Crippen LogP contribution is 2.24. The zero-order valence-corrected chi connectivity index (χ0v) is 19.3. The van der Waals surface area contributed by atoms with Crippen molar-refractivity contribution in [3.8, 4) is 0 Å². The van der Waals surface area contributed by atoms with Crippen LogP contribution in [0.2, 0.25) is 5.02 Å². The van der Waals surface area contributed by atoms with Crippen molar-refractivity contribution in [1.82, 2.24) is 0 Å². The van der Waals surface area contributed by atoms with E-state index >= 15 is 0 Å². The van der Waals surface area contributed by atoms with Gasteiger partial charge in [0.25, 0.3) is 15.9 Å². The minimum Gasteiger partial charge on any atom is -0.452 e. The van der Waals surface area contributed by atoms with Crippen LogP contribution in [0.5, 0.6) is 0 Å². The summed E-state index contributed by atoms with van der Waals surface area (Å²) < 4.78 is 44.7. The van der Waals surface area contributed by atoms with Crippen LogP contribution >= 0.6 is 11.6 Å². The van der Waals surface area contributed by atoms with Gasteiger partial charge < -0.3 is 10.1 Å². The average Bonchev–Trinajstić information content (AvgIpc) is 2.79. The highest BCUT2D eigenvalue weighted by Gasteiger charge is 2.21. The van der Waals surface area contributed by atoms with Crippen LogP contribution in [0.3, 0.4) is 0 Å². The lowest BCUT2D eigenvalue weighted by Gasteiger charge is -2.19. The smallest absolute Gasteiger partial charge is 0.338 e. The Balaban J connectivity index is 1.61. The maximum atomic E-state index is 13.1. The van der Waals surface area contributed by atoms with Gasteiger partial charge >= 0.3 is 5.97 Å². The van der Waals surface area contributed by atoms with E-state index in [1.807, 2.05) is 6.92 Å². The molecule has 1 amide bonds. The molecule has 0 fully saturated rings. The lowest BCUT2D eigenvalue weighted by molar-refractivity contribution is -0.119. The average molecular weight is 491 g/mol. The topological polar surface area (TPSA) is 92.8 Å². The van der Waals surface area contributed by atoms with Crippen LogP contribution in [0.15, 0.2) is 71.6 Å². The number of nitrogens with one attached hydrogen (secondary N) is 1. The van der Waals surface area contributed by atoms with E-state index in [1.54, 1.807) is 12.1 Å². The van der Waals surface area contributed by atoms with E-state index in [1.165, 1.54) is 49.5 Å². The van der Waals surface area contributed by atoms with Gasteiger partial charge in [-0.3, -0.25) is 9.10 Å². The van der Waals surface area contributed by atoms with Crippen molar-refractivity contribution < 1.29 is 27.1 Å². The Kier molecular flexibility index (Phi) is 7.35. The fraction of sp³-hybridized carbons (Fsp3) is 0.130. The number of nitrogens with zero attached hydrogens (tertiary/aromatic N) is 1. The SMILES string of the molecule is Cc1ccc(S(=O)(=O)N(C)c2ccc(C(=O)OCC(=O)Nc3ccc(F)cc3Cl)cc2)cc1. The molecule has 0 aliphatic rings. The molecule has 0 spiro atoms. The Hall–Kier alpha value is -3.43. The summed E-state index contributed by atoms with van der Waals surface area (Å²) in [4.78, 5) is 24.4. The van der Waals surface area contributed by atoms with E-state index in [4.69, 9.17) is 16.3 Å². The second-order valence-electron chi connectivity index (χ2n) is 7.08. The number of carbonyl (C=O) groups is 2. The lowest BCUT2D eigenvalue weighted by atomic mass is 10.2. The third-order valence-electron chi connectivity index (χ3n) is 4.69. The van der Waals surface area contributed by atoms with Gasteiger partial charge in [0.1, 0.15) is 5.82 Å². The first-order valence-corrected chi connectivity index (χ1v) is 11.5. The standard InChI is InChI=1S/C23H20ClFN2O5S/c1-15-3-10-19(11-4-15)33(30,31)27(2)18-8-5-16(6-9-18)23(29)32-14-22(28)26-21-12-7-17(25)13-20(21)24/h3-13H,14H2,1-2H3,(H,26,28). The first kappa shape index (κ1) is 24.2. The highest BCUT2D eigenvalue weighted by atomic mass is 35.5. The molecule has 0 aliphatic heterocycles. The first-order valence-electron chi connectivity index (χ1n) is 9.65. The third-order valence-corrected chi connectivity index (χ3v) is 6.80. The molecular weight excluding hydrogens is 471 g/mol. The van der Waals surface area contributed by atoms with Gasteiger partial charge in [0, 0.05) is 7.05 Å². The number of hydrogen-bond donors (Lipinski definition) is 1. The number of sulfonamides is 1. The van der Waals surface area contributed by atoms with Gasteiger partial charge in [0.15, 0.2) is 6.61 Å². The molecule has 3 aromatic rings. The van der Waals surface area contributed by atoms with Crippen LogP contribution in [0.4, 0.5) is 15.8 Å². The van der Waals surface area contributed by atoms with Gasteiger partial charge in [-0.15, -0.1) is 0 Å². The van der Waals surface area contributed by atoms with E-state index in [-0.39, 0.29) is 21.2 Å². The summed E-state index contributed by atoms with van der Waals surface area (Å²) in [5.74, 6) is -1.98. The molecule has 0 atom stereocenters. The summed E-state index contributed by atoms with van der Waals surface area (Å²) in [6.07, 6.45) is 0. The van der Waals surface area contributed by atoms with Crippen LogP contribution in [0.25, 0.3) is 0 Å². The number of halogens is 2. The van der Waals surface area contributed by atoms with Gasteiger partial charge in [-0.25, -0.2) is 17.6 Å². The Morgan fingerprint density at radius 3 is 2.27 bits per heavy atom. The van der Waals surface area contributed by atoms with Crippen molar-refractivity contribution in [3.05, 3.63) is 88.7 Å². The number of carbonyl (C=O) groups excluding carboxylic acids is 2. The van der Waals surface area contributed by atoms with Gasteiger partial charge in [-0.2, -0.15) is 0 Å². The van der Waals surface area contributed by atoms with Gasteiger partial charge in [-0.1, -0.05) is 29.3 Å². The molecule has 0 saturated carbocycles. The van der Waals surface area contributed by atoms with Crippen molar-refractivity contribution >= 4 is 44.9 Å². The third kappa shape index (κ3) is 5.88. The molecule has 7 nitrogen and oxygen atoms in total. The van der Waals surface area contributed by atoms with Gasteiger partial charge in [0.2, 0.25) is 0 Å². The van der Waals surface area contributed by atoms with Crippen molar-refractivity contribution in [2.24, 2.45) is 0 Å². The first-order chi connectivity index (χ1) is 15.6. The molecule has 3 aromatic carbocycles. The van der Waals surface area contributed by atoms with Crippen molar-refractivity contribution in [3.63, 3.8) is 0 Å². The maximum absolute atomic E-state index is 13.1. The van der Waals surface area contributed by atoms with Gasteiger partial charge in [-0.05, 0) is 61.5 Å². The van der Waals surface area contributed by atoms with E-state index in [0.717, 1.165) is 22.0 Å². The molecule has 3 rings (SSSR count). The summed E-state index contributed by atoms with van der Waals surface area (Å²) in [5, 5.41) is 2.43. The highest BCUT2D eigenvalue weighted by molar-refractivity contribution is 7.92. The molecule has 0 heterocycles. The fourth-order valence-electron chi connectivity index (χ4n) is 2.81. The molecular formula is C23H20ClFN2O5S. The van der Waals surface area contributed by atoms with Gasteiger partial charge in [0.05, 0.1) is 26.9 Å². The molecule has 10 heteroatoms. The molecule has 0 bridgehead atoms. The van der Waals surface area contributed by atoms with Crippen molar-refractivity contribution in [2.75, 3.05) is 23.3 Å². The molecule has 0 unspecified atom stereocenters. The number of ether oxygens (including phenoxy) is 1. The van der Waals surface area contributed by atoms with E-state index in [2.05, 4.69) is 5.32 Å². The van der Waals surface area contributed by atoms with E-state index < -0.39 is 34.3 Å². The molecule has 0 aromatic heterocycles. The number of hydrogen-bond acceptors (Lipinski definition) is 5. The van der Waals surface area contributed by atoms with Crippen LogP contribution < -0.4 is 9.62 Å². The normalized spacial score (nSPS) is 11.0. The second-order valence-corrected chi connectivity index (χ2v) is 9.46. The number of aryl methyl sites for hydroxylation is 1. The summed E-state index contributed by atoms with van der Waals surface area (Å²) in [7, 11) is -2.36. The summed E-state index contributed by atoms with van der Waals surface area (Å²) in [6.45, 7) is 1.27. The summed E-state index contributed by atoms with van der Waals surface area (Å²) in [5.41, 5.74) is 1.60. The summed E-state index contributed by atoms with van der Waals surface area (Å²) >= 11 is 5.84. The Labute approximate surface area is 195 Å². The zero-order valence-electron chi connectivity index (χ0n) is 17.7. The van der Waals surface area contributed by atoms with E-state index in [0.29, 0.717) is 5.69 Å². The number of rotatable bonds is 7. The predicted molar refractivity (Wildman–Crippen MR) is 124 cm³/mol. The maximum Gasteiger partial charge on any atom is 0.338 e. The quantitative estimate of drug-likeness (QED) is 0.495. The number of amides is 1. The van der Waals surface area contributed by atoms with Crippen LogP contribution in [-0.2, 0) is 19.6 Å². The fourth-order valence-corrected chi connectivity index (χ4v) is 4.22. The number of anilines is 2. The number of esters is 1. The predicted octanol–water partition coefficient (Wildman–Crippen LogP) is 4.41. The lowest BCUT2D eigenvalue weighted by Crippen LogP contribution is -2.26. The molecule has 1 N–H and O–H groups in total. The monoisotopic (exact) mass is 490 g/mol. The van der Waals surface area contributed by atoms with Crippen molar-refractivity contribution in [2.45, 2.75) is 11.8 Å². The Bertz CT molecular complexity index is 1280.